The van der Waals surface area contributed by atoms with E-state index < -0.39 is 0 Å². The van der Waals surface area contributed by atoms with Crippen LogP contribution in [0.2, 0.25) is 0 Å². The van der Waals surface area contributed by atoms with E-state index in [-0.39, 0.29) is 0 Å². The summed E-state index contributed by atoms with van der Waals surface area (Å²) in [6, 6.07) is 0.922. The van der Waals surface area contributed by atoms with Crippen LogP contribution in [0, 0.1) is 5.92 Å². The van der Waals surface area contributed by atoms with E-state index in [1.54, 1.807) is 0 Å². The first-order chi connectivity index (χ1) is 9.91. The SMILES string of the molecule is C1CCC(N2CCCCC2(C2CCC2)N2CCC2)CC1. The molecule has 2 aliphatic carbocycles. The third-order valence-corrected chi connectivity index (χ3v) is 6.87. The minimum atomic E-state index is 0.511. The highest BCUT2D eigenvalue weighted by Gasteiger charge is 2.53. The Kier molecular flexibility index (Phi) is 3.80. The van der Waals surface area contributed by atoms with Crippen LogP contribution in [0.1, 0.15) is 77.0 Å². The standard InChI is InChI=1S/C18H32N2/c1-2-10-17(11-3-1)20-15-5-4-12-18(20,16-8-6-9-16)19-13-7-14-19/h16-17H,1-15H2. The summed E-state index contributed by atoms with van der Waals surface area (Å²) in [7, 11) is 0. The van der Waals surface area contributed by atoms with Gasteiger partial charge in [-0.05, 0) is 57.3 Å². The van der Waals surface area contributed by atoms with Gasteiger partial charge in [0, 0.05) is 25.7 Å². The Labute approximate surface area is 124 Å². The van der Waals surface area contributed by atoms with Gasteiger partial charge in [-0.1, -0.05) is 25.7 Å². The zero-order chi connectivity index (χ0) is 13.4. The molecule has 0 amide bonds. The van der Waals surface area contributed by atoms with Gasteiger partial charge in [0.2, 0.25) is 0 Å². The first-order valence-electron chi connectivity index (χ1n) is 9.43. The number of hydrogen-bond acceptors (Lipinski definition) is 2. The van der Waals surface area contributed by atoms with Crippen LogP contribution in [0.15, 0.2) is 0 Å². The summed E-state index contributed by atoms with van der Waals surface area (Å²) >= 11 is 0. The highest BCUT2D eigenvalue weighted by molar-refractivity contribution is 5.05. The molecular formula is C18H32N2. The molecule has 2 heterocycles. The zero-order valence-electron chi connectivity index (χ0n) is 13.2. The fourth-order valence-electron chi connectivity index (χ4n) is 5.51. The Balaban J connectivity index is 1.61. The molecule has 20 heavy (non-hydrogen) atoms. The van der Waals surface area contributed by atoms with Crippen LogP contribution >= 0.6 is 0 Å². The van der Waals surface area contributed by atoms with Gasteiger partial charge in [-0.3, -0.25) is 9.80 Å². The number of piperidine rings is 1. The smallest absolute Gasteiger partial charge is 0.0769 e. The molecule has 114 valence electrons. The van der Waals surface area contributed by atoms with Crippen molar-refractivity contribution in [1.29, 1.82) is 0 Å². The van der Waals surface area contributed by atoms with Gasteiger partial charge in [0.15, 0.2) is 0 Å². The monoisotopic (exact) mass is 276 g/mol. The molecule has 1 unspecified atom stereocenters. The number of hydrogen-bond donors (Lipinski definition) is 0. The molecule has 0 radical (unpaired) electrons. The first-order valence-corrected chi connectivity index (χ1v) is 9.43. The van der Waals surface area contributed by atoms with E-state index in [2.05, 4.69) is 9.80 Å². The average Bonchev–Trinajstić information content (AvgIpc) is 2.36. The summed E-state index contributed by atoms with van der Waals surface area (Å²) in [6.07, 6.45) is 17.8. The number of nitrogens with zero attached hydrogens (tertiary/aromatic N) is 2. The molecule has 2 saturated heterocycles. The van der Waals surface area contributed by atoms with E-state index in [0.29, 0.717) is 5.66 Å². The van der Waals surface area contributed by atoms with Gasteiger partial charge >= 0.3 is 0 Å². The molecule has 2 nitrogen and oxygen atoms in total. The van der Waals surface area contributed by atoms with Crippen LogP contribution < -0.4 is 0 Å². The number of rotatable bonds is 3. The van der Waals surface area contributed by atoms with E-state index >= 15 is 0 Å². The molecule has 0 N–H and O–H groups in total. The average molecular weight is 276 g/mol. The minimum Gasteiger partial charge on any atom is -0.285 e. The molecule has 2 heteroatoms. The fraction of sp³-hybridized carbons (Fsp3) is 1.00. The second kappa shape index (κ2) is 5.61. The maximum Gasteiger partial charge on any atom is 0.0769 e. The van der Waals surface area contributed by atoms with Gasteiger partial charge in [-0.2, -0.15) is 0 Å². The molecule has 0 bridgehead atoms. The molecule has 2 saturated carbocycles. The summed E-state index contributed by atoms with van der Waals surface area (Å²) in [4.78, 5) is 5.96. The zero-order valence-corrected chi connectivity index (χ0v) is 13.2. The number of likely N-dealkylation sites (tertiary alicyclic amines) is 2. The van der Waals surface area contributed by atoms with Crippen molar-refractivity contribution in [3.8, 4) is 0 Å². The van der Waals surface area contributed by atoms with Gasteiger partial charge in [0.05, 0.1) is 5.66 Å². The third-order valence-electron chi connectivity index (χ3n) is 6.87. The van der Waals surface area contributed by atoms with E-state index in [1.165, 1.54) is 96.7 Å². The second-order valence-corrected chi connectivity index (χ2v) is 7.79. The summed E-state index contributed by atoms with van der Waals surface area (Å²) in [5, 5.41) is 0. The van der Waals surface area contributed by atoms with Gasteiger partial charge in [-0.25, -0.2) is 0 Å². The van der Waals surface area contributed by atoms with Crippen molar-refractivity contribution in [1.82, 2.24) is 9.80 Å². The fourth-order valence-corrected chi connectivity index (χ4v) is 5.51. The molecule has 2 aliphatic heterocycles. The minimum absolute atomic E-state index is 0.511. The van der Waals surface area contributed by atoms with Crippen molar-refractivity contribution in [2.24, 2.45) is 5.92 Å². The van der Waals surface area contributed by atoms with Crippen LogP contribution in [-0.2, 0) is 0 Å². The lowest BCUT2D eigenvalue weighted by Gasteiger charge is -2.64. The summed E-state index contributed by atoms with van der Waals surface area (Å²) in [5.41, 5.74) is 0.511. The Bertz CT molecular complexity index is 312. The normalized spacial score (nSPS) is 38.4. The molecule has 4 aliphatic rings. The van der Waals surface area contributed by atoms with Gasteiger partial charge in [0.25, 0.3) is 0 Å². The summed E-state index contributed by atoms with van der Waals surface area (Å²) < 4.78 is 0. The second-order valence-electron chi connectivity index (χ2n) is 7.79. The van der Waals surface area contributed by atoms with E-state index in [9.17, 15) is 0 Å². The van der Waals surface area contributed by atoms with Crippen molar-refractivity contribution in [2.75, 3.05) is 19.6 Å². The van der Waals surface area contributed by atoms with Crippen LogP contribution in [-0.4, -0.2) is 41.1 Å². The van der Waals surface area contributed by atoms with E-state index in [4.69, 9.17) is 0 Å². The summed E-state index contributed by atoms with van der Waals surface area (Å²) in [6.45, 7) is 4.18. The van der Waals surface area contributed by atoms with Crippen LogP contribution in [0.4, 0.5) is 0 Å². The highest BCUT2D eigenvalue weighted by atomic mass is 15.4. The molecule has 4 rings (SSSR count). The first kappa shape index (κ1) is 13.6. The Morgan fingerprint density at radius 3 is 2.05 bits per heavy atom. The maximum atomic E-state index is 3.05. The van der Waals surface area contributed by atoms with Crippen molar-refractivity contribution in [3.05, 3.63) is 0 Å². The van der Waals surface area contributed by atoms with Gasteiger partial charge in [-0.15, -0.1) is 0 Å². The van der Waals surface area contributed by atoms with Crippen LogP contribution in [0.3, 0.4) is 0 Å². The Morgan fingerprint density at radius 2 is 1.45 bits per heavy atom. The van der Waals surface area contributed by atoms with Crippen LogP contribution in [0.25, 0.3) is 0 Å². The molecule has 1 atom stereocenters. The van der Waals surface area contributed by atoms with Crippen molar-refractivity contribution in [2.45, 2.75) is 88.8 Å². The van der Waals surface area contributed by atoms with Gasteiger partial charge in [0.1, 0.15) is 0 Å². The maximum absolute atomic E-state index is 3.05. The quantitative estimate of drug-likeness (QED) is 0.768. The van der Waals surface area contributed by atoms with Crippen molar-refractivity contribution < 1.29 is 0 Å². The molecule has 0 aromatic carbocycles. The van der Waals surface area contributed by atoms with Crippen molar-refractivity contribution >= 4 is 0 Å². The predicted octanol–water partition coefficient (Wildman–Crippen LogP) is 4.01. The molecular weight excluding hydrogens is 244 g/mol. The molecule has 0 spiro atoms. The van der Waals surface area contributed by atoms with Crippen LogP contribution in [0.5, 0.6) is 0 Å². The molecule has 4 fully saturated rings. The lowest BCUT2D eigenvalue weighted by Crippen LogP contribution is -2.72. The van der Waals surface area contributed by atoms with E-state index in [1.807, 2.05) is 0 Å². The Morgan fingerprint density at radius 1 is 0.650 bits per heavy atom. The molecule has 0 aromatic heterocycles. The van der Waals surface area contributed by atoms with Gasteiger partial charge < -0.3 is 0 Å². The van der Waals surface area contributed by atoms with E-state index in [0.717, 1.165) is 12.0 Å². The molecule has 0 aromatic rings. The Hall–Kier alpha value is -0.0800. The summed E-state index contributed by atoms with van der Waals surface area (Å²) in [5.74, 6) is 1.00. The topological polar surface area (TPSA) is 6.48 Å². The lowest BCUT2D eigenvalue weighted by molar-refractivity contribution is -0.183. The highest BCUT2D eigenvalue weighted by Crippen LogP contribution is 2.50. The lowest BCUT2D eigenvalue weighted by atomic mass is 9.68. The third kappa shape index (κ3) is 2.06. The largest absolute Gasteiger partial charge is 0.285 e. The predicted molar refractivity (Wildman–Crippen MR) is 83.7 cm³/mol. The van der Waals surface area contributed by atoms with Crippen molar-refractivity contribution in [3.63, 3.8) is 0 Å².